The van der Waals surface area contributed by atoms with Crippen LogP contribution in [0.2, 0.25) is 0 Å². The molecule has 1 N–H and O–H groups in total. The van der Waals surface area contributed by atoms with Gasteiger partial charge in [0, 0.05) is 51.3 Å². The monoisotopic (exact) mass is 407 g/mol. The number of rotatable bonds is 5. The molecule has 1 amide bonds. The third-order valence-electron chi connectivity index (χ3n) is 4.97. The molecule has 0 bridgehead atoms. The summed E-state index contributed by atoms with van der Waals surface area (Å²) in [6, 6.07) is 0. The van der Waals surface area contributed by atoms with E-state index < -0.39 is 12.1 Å². The molecule has 28 heavy (non-hydrogen) atoms. The molecule has 0 spiro atoms. The Morgan fingerprint density at radius 1 is 1.32 bits per heavy atom. The predicted molar refractivity (Wildman–Crippen MR) is 90.4 cm³/mol. The van der Waals surface area contributed by atoms with Crippen molar-refractivity contribution in [2.75, 3.05) is 39.9 Å². The highest BCUT2D eigenvalue weighted by Gasteiger charge is 2.45. The van der Waals surface area contributed by atoms with Crippen LogP contribution in [0.4, 0.5) is 13.2 Å². The molecule has 0 aliphatic carbocycles. The van der Waals surface area contributed by atoms with Crippen LogP contribution in [-0.2, 0) is 20.9 Å². The molecule has 3 rings (SSSR count). The second kappa shape index (κ2) is 8.91. The van der Waals surface area contributed by atoms with Gasteiger partial charge in [0.1, 0.15) is 5.76 Å². The maximum absolute atomic E-state index is 12.4. The minimum atomic E-state index is -5.08. The molecule has 2 saturated heterocycles. The normalized spacial score (nSPS) is 22.2. The largest absolute Gasteiger partial charge is 0.490 e. The van der Waals surface area contributed by atoms with Gasteiger partial charge in [-0.2, -0.15) is 13.2 Å². The van der Waals surface area contributed by atoms with Crippen molar-refractivity contribution in [2.24, 2.45) is 11.8 Å². The Hall–Kier alpha value is -2.14. The van der Waals surface area contributed by atoms with Gasteiger partial charge in [-0.25, -0.2) is 4.79 Å². The SMILES string of the molecule is COCCN1C[C@@H]2CN(Cc3c(C)noc3C)C[C@@H]2C1=O.O=C(O)C(F)(F)F. The second-order valence-corrected chi connectivity index (χ2v) is 6.94. The molecule has 0 unspecified atom stereocenters. The van der Waals surface area contributed by atoms with E-state index in [1.165, 1.54) is 5.56 Å². The third-order valence-corrected chi connectivity index (χ3v) is 4.97. The van der Waals surface area contributed by atoms with E-state index in [0.717, 1.165) is 37.6 Å². The Morgan fingerprint density at radius 3 is 2.43 bits per heavy atom. The number of carboxylic acids is 1. The summed E-state index contributed by atoms with van der Waals surface area (Å²) in [6.07, 6.45) is -5.08. The van der Waals surface area contributed by atoms with Gasteiger partial charge in [-0.05, 0) is 13.8 Å². The first-order valence-electron chi connectivity index (χ1n) is 8.76. The Labute approximate surface area is 160 Å². The molecular formula is C17H24F3N3O5. The maximum atomic E-state index is 12.4. The molecule has 0 radical (unpaired) electrons. The molecule has 1 aromatic heterocycles. The van der Waals surface area contributed by atoms with E-state index in [1.54, 1.807) is 7.11 Å². The first-order chi connectivity index (χ1) is 13.0. The summed E-state index contributed by atoms with van der Waals surface area (Å²) in [6.45, 7) is 8.77. The third kappa shape index (κ3) is 5.22. The van der Waals surface area contributed by atoms with Crippen molar-refractivity contribution in [2.45, 2.75) is 26.6 Å². The van der Waals surface area contributed by atoms with Crippen molar-refractivity contribution in [3.8, 4) is 0 Å². The zero-order valence-electron chi connectivity index (χ0n) is 16.0. The van der Waals surface area contributed by atoms with Crippen molar-refractivity contribution in [1.82, 2.24) is 15.0 Å². The number of likely N-dealkylation sites (tertiary alicyclic amines) is 2. The zero-order valence-corrected chi connectivity index (χ0v) is 16.0. The molecule has 158 valence electrons. The van der Waals surface area contributed by atoms with Crippen LogP contribution in [0.15, 0.2) is 4.52 Å². The van der Waals surface area contributed by atoms with E-state index in [1.807, 2.05) is 18.7 Å². The van der Waals surface area contributed by atoms with Gasteiger partial charge in [0.25, 0.3) is 0 Å². The van der Waals surface area contributed by atoms with Crippen LogP contribution in [0.3, 0.4) is 0 Å². The van der Waals surface area contributed by atoms with E-state index in [-0.39, 0.29) is 5.92 Å². The minimum Gasteiger partial charge on any atom is -0.475 e. The van der Waals surface area contributed by atoms with Gasteiger partial charge in [-0.15, -0.1) is 0 Å². The van der Waals surface area contributed by atoms with Crippen molar-refractivity contribution in [1.29, 1.82) is 0 Å². The average Bonchev–Trinajstić information content (AvgIpc) is 3.23. The van der Waals surface area contributed by atoms with Crippen molar-refractivity contribution in [3.05, 3.63) is 17.0 Å². The zero-order chi connectivity index (χ0) is 21.1. The summed E-state index contributed by atoms with van der Waals surface area (Å²) >= 11 is 0. The first-order valence-corrected chi connectivity index (χ1v) is 8.76. The average molecular weight is 407 g/mol. The number of aromatic nitrogens is 1. The highest BCUT2D eigenvalue weighted by atomic mass is 19.4. The smallest absolute Gasteiger partial charge is 0.475 e. The van der Waals surface area contributed by atoms with Gasteiger partial charge in [-0.1, -0.05) is 5.16 Å². The van der Waals surface area contributed by atoms with Crippen LogP contribution in [0.25, 0.3) is 0 Å². The molecule has 8 nitrogen and oxygen atoms in total. The topological polar surface area (TPSA) is 96.1 Å². The number of hydrogen-bond donors (Lipinski definition) is 1. The number of carbonyl (C=O) groups is 2. The fourth-order valence-electron chi connectivity index (χ4n) is 3.52. The highest BCUT2D eigenvalue weighted by Crippen LogP contribution is 2.33. The van der Waals surface area contributed by atoms with Crippen molar-refractivity contribution in [3.63, 3.8) is 0 Å². The van der Waals surface area contributed by atoms with Crippen molar-refractivity contribution < 1.29 is 37.1 Å². The number of carbonyl (C=O) groups excluding carboxylic acids is 1. The molecule has 0 saturated carbocycles. The lowest BCUT2D eigenvalue weighted by molar-refractivity contribution is -0.192. The summed E-state index contributed by atoms with van der Waals surface area (Å²) in [5.41, 5.74) is 2.12. The molecule has 2 aliphatic rings. The quantitative estimate of drug-likeness (QED) is 0.789. The fourth-order valence-corrected chi connectivity index (χ4v) is 3.52. The number of nitrogens with zero attached hydrogens (tertiary/aromatic N) is 3. The minimum absolute atomic E-state index is 0.155. The standard InChI is InChI=1S/C15H23N3O3.C2HF3O2/c1-10-13(11(2)21-16-10)8-17-6-12-7-18(4-5-20-3)15(19)14(12)9-17;3-2(4,5)1(6)7/h12,14H,4-9H2,1-3H3;(H,6,7)/t12-,14-;/m0./s1. The number of hydrogen-bond acceptors (Lipinski definition) is 6. The summed E-state index contributed by atoms with van der Waals surface area (Å²) in [7, 11) is 1.67. The molecule has 1 aromatic rings. The summed E-state index contributed by atoms with van der Waals surface area (Å²) in [5.74, 6) is -0.972. The van der Waals surface area contributed by atoms with Gasteiger partial charge in [0.05, 0.1) is 18.2 Å². The number of aryl methyl sites for hydroxylation is 2. The second-order valence-electron chi connectivity index (χ2n) is 6.94. The first kappa shape index (κ1) is 22.2. The van der Waals surface area contributed by atoms with E-state index in [4.69, 9.17) is 19.2 Å². The Bertz CT molecular complexity index is 687. The predicted octanol–water partition coefficient (Wildman–Crippen LogP) is 1.46. The van der Waals surface area contributed by atoms with Crippen LogP contribution in [0, 0.1) is 25.7 Å². The van der Waals surface area contributed by atoms with Crippen LogP contribution in [0.5, 0.6) is 0 Å². The van der Waals surface area contributed by atoms with E-state index in [0.29, 0.717) is 25.0 Å². The van der Waals surface area contributed by atoms with Crippen LogP contribution in [0.1, 0.15) is 17.0 Å². The molecular weight excluding hydrogens is 383 g/mol. The summed E-state index contributed by atoms with van der Waals surface area (Å²) in [4.78, 5) is 25.6. The van der Waals surface area contributed by atoms with Crippen LogP contribution < -0.4 is 0 Å². The molecule has 0 aromatic carbocycles. The van der Waals surface area contributed by atoms with Crippen molar-refractivity contribution >= 4 is 11.9 Å². The fraction of sp³-hybridized carbons (Fsp3) is 0.706. The number of alkyl halides is 3. The summed E-state index contributed by atoms with van der Waals surface area (Å²) in [5, 5.41) is 11.1. The van der Waals surface area contributed by atoms with E-state index in [9.17, 15) is 18.0 Å². The van der Waals surface area contributed by atoms with Gasteiger partial charge in [-0.3, -0.25) is 9.69 Å². The molecule has 2 aliphatic heterocycles. The number of carboxylic acid groups (broad SMARTS) is 1. The Morgan fingerprint density at radius 2 is 1.96 bits per heavy atom. The van der Waals surface area contributed by atoms with Crippen LogP contribution in [-0.4, -0.2) is 78.0 Å². The van der Waals surface area contributed by atoms with E-state index >= 15 is 0 Å². The molecule has 11 heteroatoms. The van der Waals surface area contributed by atoms with Gasteiger partial charge >= 0.3 is 12.1 Å². The number of halogens is 3. The Kier molecular flexibility index (Phi) is 7.05. The van der Waals surface area contributed by atoms with Gasteiger partial charge in [0.15, 0.2) is 0 Å². The molecule has 2 fully saturated rings. The highest BCUT2D eigenvalue weighted by molar-refractivity contribution is 5.82. The summed E-state index contributed by atoms with van der Waals surface area (Å²) < 4.78 is 42.0. The van der Waals surface area contributed by atoms with Crippen LogP contribution >= 0.6 is 0 Å². The van der Waals surface area contributed by atoms with Gasteiger partial charge in [0.2, 0.25) is 5.91 Å². The Balaban J connectivity index is 0.000000345. The number of aliphatic carboxylic acids is 1. The number of methoxy groups -OCH3 is 1. The van der Waals surface area contributed by atoms with E-state index in [2.05, 4.69) is 10.1 Å². The maximum Gasteiger partial charge on any atom is 0.490 e. The number of ether oxygens (including phenoxy) is 1. The van der Waals surface area contributed by atoms with Gasteiger partial charge < -0.3 is 19.3 Å². The lowest BCUT2D eigenvalue weighted by atomic mass is 10.0. The lowest BCUT2D eigenvalue weighted by Crippen LogP contribution is -2.34. The molecule has 2 atom stereocenters. The lowest BCUT2D eigenvalue weighted by Gasteiger charge is -2.21. The number of fused-ring (bicyclic) bond motifs is 1. The number of amides is 1. The molecule has 3 heterocycles.